The Labute approximate surface area is 99.5 Å². The van der Waals surface area contributed by atoms with Crippen LogP contribution in [0, 0.1) is 0 Å². The molecule has 0 atom stereocenters. The average Bonchev–Trinajstić information content (AvgIpc) is 2.18. The van der Waals surface area contributed by atoms with Gasteiger partial charge >= 0.3 is 0 Å². The summed E-state index contributed by atoms with van der Waals surface area (Å²) < 4.78 is 12.1. The van der Waals surface area contributed by atoms with Gasteiger partial charge in [0.25, 0.3) is 0 Å². The zero-order valence-corrected chi connectivity index (χ0v) is 11.5. The second-order valence-electron chi connectivity index (χ2n) is 2.60. The molecule has 13 heavy (non-hydrogen) atoms. The fourth-order valence-electron chi connectivity index (χ4n) is 0.883. The highest BCUT2D eigenvalue weighted by Gasteiger charge is 2.21. The van der Waals surface area contributed by atoms with Gasteiger partial charge < -0.3 is 4.57 Å². The summed E-state index contributed by atoms with van der Waals surface area (Å²) in [6, 6.07) is 7.14. The fourth-order valence-corrected chi connectivity index (χ4v) is 6.27. The molecule has 0 unspecified atom stereocenters. The van der Waals surface area contributed by atoms with Crippen molar-refractivity contribution < 1.29 is 4.57 Å². The average molecular weight is 346 g/mol. The Balaban J connectivity index is 3.07. The second kappa shape index (κ2) is 4.97. The van der Waals surface area contributed by atoms with Gasteiger partial charge in [0.1, 0.15) is 7.14 Å². The van der Waals surface area contributed by atoms with Crippen LogP contribution >= 0.6 is 50.6 Å². The minimum atomic E-state index is -2.28. The van der Waals surface area contributed by atoms with E-state index in [0.29, 0.717) is 15.2 Å². The van der Waals surface area contributed by atoms with Gasteiger partial charge in [0.15, 0.2) is 0 Å². The van der Waals surface area contributed by atoms with E-state index in [-0.39, 0.29) is 0 Å². The quantitative estimate of drug-likeness (QED) is 0.596. The van der Waals surface area contributed by atoms with Gasteiger partial charge in [0.05, 0.1) is 10.1 Å². The van der Waals surface area contributed by atoms with Crippen molar-refractivity contribution in [1.82, 2.24) is 0 Å². The van der Waals surface area contributed by atoms with E-state index in [1.807, 2.05) is 12.1 Å². The molecule has 0 aromatic heterocycles. The SMILES string of the molecule is O=P(CBr)(CBr)c1ccc(Cl)cc1. The molecule has 0 bridgehead atoms. The largest absolute Gasteiger partial charge is 0.317 e. The molecule has 1 nitrogen and oxygen atoms in total. The number of rotatable bonds is 3. The summed E-state index contributed by atoms with van der Waals surface area (Å²) in [5, 5.41) is 2.50. The van der Waals surface area contributed by atoms with E-state index in [2.05, 4.69) is 31.9 Å². The maximum Gasteiger partial charge on any atom is 0.135 e. The Bertz CT molecular complexity index is 317. The zero-order chi connectivity index (χ0) is 9.90. The van der Waals surface area contributed by atoms with Crippen molar-refractivity contribution in [3.63, 3.8) is 0 Å². The summed E-state index contributed by atoms with van der Waals surface area (Å²) in [7, 11) is -2.28. The van der Waals surface area contributed by atoms with Crippen LogP contribution in [0.4, 0.5) is 0 Å². The predicted octanol–water partition coefficient (Wildman–Crippen LogP) is 4.03. The molecule has 0 aliphatic heterocycles. The van der Waals surface area contributed by atoms with Crippen LogP contribution in [-0.4, -0.2) is 10.1 Å². The first-order valence-electron chi connectivity index (χ1n) is 3.58. The predicted molar refractivity (Wildman–Crippen MR) is 66.3 cm³/mol. The molecule has 0 aliphatic rings. The van der Waals surface area contributed by atoms with Crippen LogP contribution < -0.4 is 5.30 Å². The van der Waals surface area contributed by atoms with Crippen LogP contribution in [0.5, 0.6) is 0 Å². The molecular weight excluding hydrogens is 338 g/mol. The highest BCUT2D eigenvalue weighted by atomic mass is 79.9. The Morgan fingerprint density at radius 1 is 1.15 bits per heavy atom. The van der Waals surface area contributed by atoms with E-state index in [0.717, 1.165) is 5.30 Å². The van der Waals surface area contributed by atoms with E-state index >= 15 is 0 Å². The third kappa shape index (κ3) is 2.82. The van der Waals surface area contributed by atoms with E-state index in [1.54, 1.807) is 12.1 Å². The van der Waals surface area contributed by atoms with Gasteiger partial charge in [-0.25, -0.2) is 0 Å². The van der Waals surface area contributed by atoms with Gasteiger partial charge in [-0.05, 0) is 24.3 Å². The van der Waals surface area contributed by atoms with Crippen LogP contribution in [0.15, 0.2) is 24.3 Å². The minimum Gasteiger partial charge on any atom is -0.317 e. The van der Waals surface area contributed by atoms with Gasteiger partial charge in [0, 0.05) is 10.3 Å². The molecule has 0 radical (unpaired) electrons. The highest BCUT2D eigenvalue weighted by Crippen LogP contribution is 2.47. The molecule has 0 amide bonds. The fraction of sp³-hybridized carbons (Fsp3) is 0.250. The molecule has 1 aromatic rings. The maximum absolute atomic E-state index is 12.1. The van der Waals surface area contributed by atoms with Gasteiger partial charge in [-0.1, -0.05) is 43.5 Å². The number of hydrogen-bond acceptors (Lipinski definition) is 1. The Morgan fingerprint density at radius 3 is 2.00 bits per heavy atom. The lowest BCUT2D eigenvalue weighted by Gasteiger charge is -2.12. The van der Waals surface area contributed by atoms with Crippen LogP contribution in [0.1, 0.15) is 0 Å². The molecule has 0 saturated carbocycles. The van der Waals surface area contributed by atoms with Crippen LogP contribution in [0.2, 0.25) is 5.02 Å². The molecular formula is C8H8Br2ClOP. The smallest absolute Gasteiger partial charge is 0.135 e. The summed E-state index contributed by atoms with van der Waals surface area (Å²) in [6.45, 7) is 0. The van der Waals surface area contributed by atoms with Crippen LogP contribution in [-0.2, 0) is 4.57 Å². The van der Waals surface area contributed by atoms with Crippen molar-refractivity contribution in [3.8, 4) is 0 Å². The topological polar surface area (TPSA) is 17.1 Å². The highest BCUT2D eigenvalue weighted by molar-refractivity contribution is 9.12. The molecule has 0 saturated heterocycles. The lowest BCUT2D eigenvalue weighted by atomic mass is 10.4. The number of hydrogen-bond donors (Lipinski definition) is 0. The molecule has 1 aromatic carbocycles. The third-order valence-corrected chi connectivity index (χ3v) is 8.81. The van der Waals surface area contributed by atoms with Crippen molar-refractivity contribution in [2.45, 2.75) is 0 Å². The Hall–Kier alpha value is 0.700. The lowest BCUT2D eigenvalue weighted by molar-refractivity contribution is 0.587. The van der Waals surface area contributed by atoms with Gasteiger partial charge in [-0.3, -0.25) is 0 Å². The standard InChI is InChI=1S/C8H8Br2ClOP/c9-5-13(12,6-10)8-3-1-7(11)2-4-8/h1-4H,5-6H2. The van der Waals surface area contributed by atoms with E-state index < -0.39 is 7.14 Å². The molecule has 0 N–H and O–H groups in total. The third-order valence-electron chi connectivity index (χ3n) is 1.68. The molecule has 0 spiro atoms. The van der Waals surface area contributed by atoms with Gasteiger partial charge in [0.2, 0.25) is 0 Å². The molecule has 1 rings (SSSR count). The van der Waals surface area contributed by atoms with Crippen molar-refractivity contribution in [3.05, 3.63) is 29.3 Å². The van der Waals surface area contributed by atoms with Gasteiger partial charge in [-0.15, -0.1) is 0 Å². The van der Waals surface area contributed by atoms with Crippen LogP contribution in [0.25, 0.3) is 0 Å². The van der Waals surface area contributed by atoms with Crippen LogP contribution in [0.3, 0.4) is 0 Å². The summed E-state index contributed by atoms with van der Waals surface area (Å²) in [6.07, 6.45) is 0. The number of alkyl halides is 2. The van der Waals surface area contributed by atoms with E-state index in [9.17, 15) is 4.57 Å². The molecule has 5 heteroatoms. The minimum absolute atomic E-state index is 0.493. The molecule has 0 heterocycles. The Kier molecular flexibility index (Phi) is 4.50. The number of benzene rings is 1. The van der Waals surface area contributed by atoms with Crippen molar-refractivity contribution >= 4 is 55.9 Å². The van der Waals surface area contributed by atoms with E-state index in [4.69, 9.17) is 11.6 Å². The first kappa shape index (κ1) is 11.8. The number of halogens is 3. The lowest BCUT2D eigenvalue weighted by Crippen LogP contribution is -2.05. The second-order valence-corrected chi connectivity index (χ2v) is 8.82. The first-order chi connectivity index (χ1) is 6.12. The van der Waals surface area contributed by atoms with Crippen molar-refractivity contribution in [2.24, 2.45) is 0 Å². The molecule has 0 aliphatic carbocycles. The van der Waals surface area contributed by atoms with E-state index in [1.165, 1.54) is 0 Å². The summed E-state index contributed by atoms with van der Waals surface area (Å²) in [4.78, 5) is 0. The zero-order valence-electron chi connectivity index (χ0n) is 6.71. The Morgan fingerprint density at radius 2 is 1.62 bits per heavy atom. The summed E-state index contributed by atoms with van der Waals surface area (Å²) >= 11 is 12.3. The first-order valence-corrected chi connectivity index (χ1v) is 8.28. The molecule has 0 fully saturated rings. The normalized spacial score (nSPS) is 11.6. The summed E-state index contributed by atoms with van der Waals surface area (Å²) in [5.41, 5.74) is 0. The van der Waals surface area contributed by atoms with Crippen molar-refractivity contribution in [2.75, 3.05) is 10.1 Å². The summed E-state index contributed by atoms with van der Waals surface area (Å²) in [5.74, 6) is 0. The maximum atomic E-state index is 12.1. The van der Waals surface area contributed by atoms with Crippen molar-refractivity contribution in [1.29, 1.82) is 0 Å². The molecule has 72 valence electrons. The monoisotopic (exact) mass is 344 g/mol. The van der Waals surface area contributed by atoms with Gasteiger partial charge in [-0.2, -0.15) is 0 Å².